The summed E-state index contributed by atoms with van der Waals surface area (Å²) in [6.45, 7) is 2.14. The van der Waals surface area contributed by atoms with Crippen LogP contribution in [0.15, 0.2) is 9.33 Å². The van der Waals surface area contributed by atoms with Gasteiger partial charge in [0.25, 0.3) is 0 Å². The van der Waals surface area contributed by atoms with Crippen LogP contribution in [-0.4, -0.2) is 2.87 Å². The van der Waals surface area contributed by atoms with Gasteiger partial charge in [0.05, 0.1) is 2.87 Å². The van der Waals surface area contributed by atoms with Crippen LogP contribution in [0.25, 0.3) is 0 Å². The second-order valence-electron chi connectivity index (χ2n) is 1.38. The maximum Gasteiger partial charge on any atom is 0.0637 e. The Bertz CT molecular complexity index is 153. The van der Waals surface area contributed by atoms with Gasteiger partial charge in [-0.15, -0.1) is 4.85 Å². The minimum atomic E-state index is 1.11. The summed E-state index contributed by atoms with van der Waals surface area (Å²) in [6, 6.07) is 0. The third-order valence-corrected chi connectivity index (χ3v) is 2.57. The first kappa shape index (κ1) is 9.72. The highest BCUT2D eigenvalue weighted by Crippen LogP contribution is 1.97. The molecule has 0 bridgehead atoms. The highest BCUT2D eigenvalue weighted by atomic mass is 127. The molecule has 0 fully saturated rings. The molecule has 0 unspecified atom stereocenters. The lowest BCUT2D eigenvalue weighted by Crippen LogP contribution is -1.80. The zero-order valence-corrected chi connectivity index (χ0v) is 9.07. The van der Waals surface area contributed by atoms with Crippen LogP contribution in [0.4, 0.5) is 0 Å². The van der Waals surface area contributed by atoms with Crippen LogP contribution in [0.1, 0.15) is 19.8 Å². The average molecular weight is 274 g/mol. The van der Waals surface area contributed by atoms with Crippen molar-refractivity contribution < 1.29 is 0 Å². The molecule has 2 nitrogen and oxygen atoms in total. The Labute approximate surface area is 74.6 Å². The van der Waals surface area contributed by atoms with E-state index in [4.69, 9.17) is 0 Å². The predicted molar refractivity (Wildman–Crippen MR) is 54.5 cm³/mol. The van der Waals surface area contributed by atoms with Crippen LogP contribution in [0.2, 0.25) is 0 Å². The van der Waals surface area contributed by atoms with E-state index in [1.165, 1.54) is 20.4 Å². The van der Waals surface area contributed by atoms with Crippen molar-refractivity contribution >= 4 is 45.6 Å². The molecule has 0 spiro atoms. The van der Waals surface area contributed by atoms with Gasteiger partial charge in [0.1, 0.15) is 0 Å². The van der Waals surface area contributed by atoms with Crippen LogP contribution in [0.5, 0.6) is 0 Å². The van der Waals surface area contributed by atoms with Crippen molar-refractivity contribution in [2.45, 2.75) is 19.8 Å². The molecule has 0 heterocycles. The first-order valence-corrected chi connectivity index (χ1v) is 4.86. The van der Waals surface area contributed by atoms with Gasteiger partial charge < -0.3 is 0 Å². The van der Waals surface area contributed by atoms with E-state index in [0.29, 0.717) is 0 Å². The fourth-order valence-electron chi connectivity index (χ4n) is 0.307. The van der Waals surface area contributed by atoms with Crippen LogP contribution in [0, 0.1) is 0 Å². The molecule has 0 saturated carbocycles. The Morgan fingerprint density at radius 2 is 2.44 bits per heavy atom. The highest BCUT2D eigenvalue weighted by molar-refractivity contribution is 14.1. The quantitative estimate of drug-likeness (QED) is 0.248. The minimum Gasteiger partial charge on any atom is -0.127 e. The summed E-state index contributed by atoms with van der Waals surface area (Å²) in [5, 5.41) is 0. The summed E-state index contributed by atoms with van der Waals surface area (Å²) < 4.78 is 4.98. The fourth-order valence-corrected chi connectivity index (χ4v) is 1.66. The van der Waals surface area contributed by atoms with Crippen LogP contribution >= 0.6 is 31.6 Å². The molecule has 0 saturated heterocycles. The SMILES string of the molecule is CCCC(I)=S=NN=P. The Morgan fingerprint density at radius 1 is 1.78 bits per heavy atom. The molecule has 0 atom stereocenters. The maximum atomic E-state index is 3.70. The monoisotopic (exact) mass is 274 g/mol. The smallest absolute Gasteiger partial charge is 0.0637 e. The Kier molecular flexibility index (Phi) is 7.38. The summed E-state index contributed by atoms with van der Waals surface area (Å²) in [7, 11) is 2.89. The number of hydrogen-bond acceptors (Lipinski definition) is 0. The van der Waals surface area contributed by atoms with Gasteiger partial charge in [-0.3, -0.25) is 0 Å². The summed E-state index contributed by atoms with van der Waals surface area (Å²) >= 11 is 3.68. The largest absolute Gasteiger partial charge is 0.127 e. The molecular weight excluding hydrogens is 266 g/mol. The molecule has 0 aromatic carbocycles. The second kappa shape index (κ2) is 6.83. The third-order valence-electron chi connectivity index (χ3n) is 0.627. The van der Waals surface area contributed by atoms with Crippen molar-refractivity contribution in [1.82, 2.24) is 0 Å². The topological polar surface area (TPSA) is 24.7 Å². The van der Waals surface area contributed by atoms with Gasteiger partial charge in [0.2, 0.25) is 0 Å². The van der Waals surface area contributed by atoms with Gasteiger partial charge in [0, 0.05) is 9.03 Å². The summed E-state index contributed by atoms with van der Waals surface area (Å²) in [5.74, 6) is 0. The lowest BCUT2D eigenvalue weighted by atomic mass is 10.4. The average Bonchev–Trinajstić information content (AvgIpc) is 1.85. The first-order chi connectivity index (χ1) is 4.31. The number of hydrogen-bond donors (Lipinski definition) is 0. The lowest BCUT2D eigenvalue weighted by molar-refractivity contribution is 1.02. The van der Waals surface area contributed by atoms with E-state index in [1.54, 1.807) is 0 Å². The zero-order valence-electron chi connectivity index (χ0n) is 5.09. The van der Waals surface area contributed by atoms with Gasteiger partial charge in [-0.2, -0.15) is 0 Å². The Morgan fingerprint density at radius 3 is 2.89 bits per heavy atom. The van der Waals surface area contributed by atoms with Gasteiger partial charge in [-0.1, -0.05) is 17.8 Å². The number of nitrogens with zero attached hydrogens (tertiary/aromatic N) is 2. The van der Waals surface area contributed by atoms with Gasteiger partial charge >= 0.3 is 0 Å². The van der Waals surface area contributed by atoms with E-state index in [-0.39, 0.29) is 0 Å². The molecule has 0 aliphatic heterocycles. The normalized spacial score (nSPS) is 8.22. The Balaban J connectivity index is 3.81. The zero-order chi connectivity index (χ0) is 7.11. The molecule has 0 aliphatic rings. The van der Waals surface area contributed by atoms with Crippen LogP contribution in [-0.2, 0) is 11.1 Å². The molecule has 52 valence electrons. The van der Waals surface area contributed by atoms with E-state index >= 15 is 0 Å². The van der Waals surface area contributed by atoms with Gasteiger partial charge in [-0.25, -0.2) is 0 Å². The molecule has 0 aliphatic carbocycles. The standard InChI is InChI=1S/C4H8IN2PS/c1-2-3-4(5)9-7-6-8/h8H,2-3H2,1H3. The number of rotatable bonds is 3. The highest BCUT2D eigenvalue weighted by Gasteiger charge is 1.84. The molecule has 0 aromatic rings. The third kappa shape index (κ3) is 6.61. The van der Waals surface area contributed by atoms with E-state index in [9.17, 15) is 0 Å². The maximum absolute atomic E-state index is 3.70. The van der Waals surface area contributed by atoms with E-state index < -0.39 is 0 Å². The van der Waals surface area contributed by atoms with Gasteiger partial charge in [-0.05, 0) is 40.2 Å². The van der Waals surface area contributed by atoms with Crippen molar-refractivity contribution in [3.63, 3.8) is 0 Å². The van der Waals surface area contributed by atoms with E-state index in [0.717, 1.165) is 6.42 Å². The van der Waals surface area contributed by atoms with Crippen LogP contribution < -0.4 is 0 Å². The van der Waals surface area contributed by atoms with Crippen molar-refractivity contribution in [2.75, 3.05) is 0 Å². The fraction of sp³-hybridized carbons (Fsp3) is 0.750. The van der Waals surface area contributed by atoms with Gasteiger partial charge in [0.15, 0.2) is 0 Å². The molecule has 5 heteroatoms. The second-order valence-corrected chi connectivity index (χ2v) is 4.45. The van der Waals surface area contributed by atoms with Crippen LogP contribution in [0.3, 0.4) is 0 Å². The van der Waals surface area contributed by atoms with E-state index in [1.807, 2.05) is 0 Å². The van der Waals surface area contributed by atoms with Crippen molar-refractivity contribution in [3.05, 3.63) is 0 Å². The summed E-state index contributed by atoms with van der Waals surface area (Å²) in [5.41, 5.74) is 0. The lowest BCUT2D eigenvalue weighted by Gasteiger charge is -1.84. The molecule has 0 amide bonds. The Hall–Kier alpha value is 0.720. The molecular formula is C4H8IN2PS. The number of halogens is 1. The summed E-state index contributed by atoms with van der Waals surface area (Å²) in [6.07, 6.45) is 2.28. The first-order valence-electron chi connectivity index (χ1n) is 2.56. The predicted octanol–water partition coefficient (Wildman–Crippen LogP) is 2.86. The summed E-state index contributed by atoms with van der Waals surface area (Å²) in [4.78, 5) is 3.43. The minimum absolute atomic E-state index is 1.11. The van der Waals surface area contributed by atoms with E-state index in [2.05, 4.69) is 47.9 Å². The molecule has 0 N–H and O–H groups in total. The molecule has 0 aromatic heterocycles. The van der Waals surface area contributed by atoms with Crippen molar-refractivity contribution in [2.24, 2.45) is 9.33 Å². The molecule has 9 heavy (non-hydrogen) atoms. The van der Waals surface area contributed by atoms with Crippen molar-refractivity contribution in [1.29, 1.82) is 0 Å². The molecule has 0 rings (SSSR count). The van der Waals surface area contributed by atoms with Crippen molar-refractivity contribution in [3.8, 4) is 0 Å². The molecule has 0 radical (unpaired) electrons.